The third-order valence-corrected chi connectivity index (χ3v) is 5.35. The number of carbonyl (C=O) groups is 2. The van der Waals surface area contributed by atoms with Crippen LogP contribution in [0.15, 0.2) is 64.5 Å². The van der Waals surface area contributed by atoms with Gasteiger partial charge < -0.3 is 9.47 Å². The predicted molar refractivity (Wildman–Crippen MR) is 133 cm³/mol. The summed E-state index contributed by atoms with van der Waals surface area (Å²) in [4.78, 5) is 28.8. The van der Waals surface area contributed by atoms with Gasteiger partial charge in [-0.3, -0.25) is 10.6 Å². The molecule has 35 heavy (non-hydrogen) atoms. The van der Waals surface area contributed by atoms with Crippen LogP contribution in [-0.2, 0) is 26.0 Å². The van der Waals surface area contributed by atoms with E-state index >= 15 is 0 Å². The second-order valence-corrected chi connectivity index (χ2v) is 11.3. The summed E-state index contributed by atoms with van der Waals surface area (Å²) in [7, 11) is -3.65. The van der Waals surface area contributed by atoms with Crippen molar-refractivity contribution >= 4 is 33.9 Å². The summed E-state index contributed by atoms with van der Waals surface area (Å²) < 4.78 is 37.7. The third kappa shape index (κ3) is 10.6. The molecule has 0 aliphatic carbocycles. The van der Waals surface area contributed by atoms with Crippen molar-refractivity contribution < 1.29 is 27.5 Å². The lowest BCUT2D eigenvalue weighted by atomic mass is 10.2. The van der Waals surface area contributed by atoms with Crippen LogP contribution in [0.2, 0.25) is 0 Å². The Morgan fingerprint density at radius 1 is 0.800 bits per heavy atom. The first-order chi connectivity index (χ1) is 16.1. The SMILES string of the molecule is CC(C)(C)OC(=O)NC(=Nc1ccc(CNS(=O)(=O)c2ccccc2)cc1)NC(=O)OC(C)(C)C. The molecule has 0 unspecified atom stereocenters. The molecule has 0 bridgehead atoms. The predicted octanol–water partition coefficient (Wildman–Crippen LogP) is 4.20. The van der Waals surface area contributed by atoms with E-state index in [4.69, 9.17) is 9.47 Å². The van der Waals surface area contributed by atoms with Crippen LogP contribution in [-0.4, -0.2) is 37.8 Å². The molecule has 2 amide bonds. The van der Waals surface area contributed by atoms with Crippen LogP contribution in [0.3, 0.4) is 0 Å². The number of rotatable bonds is 5. The number of hydrogen-bond acceptors (Lipinski definition) is 7. The highest BCUT2D eigenvalue weighted by molar-refractivity contribution is 7.89. The Labute approximate surface area is 206 Å². The Bertz CT molecular complexity index is 1120. The molecular weight excluding hydrogens is 472 g/mol. The topological polar surface area (TPSA) is 135 Å². The first-order valence-electron chi connectivity index (χ1n) is 10.9. The first-order valence-corrected chi connectivity index (χ1v) is 12.3. The summed E-state index contributed by atoms with van der Waals surface area (Å²) in [5.41, 5.74) is -0.432. The Morgan fingerprint density at radius 2 is 1.29 bits per heavy atom. The third-order valence-electron chi connectivity index (χ3n) is 3.94. The summed E-state index contributed by atoms with van der Waals surface area (Å²) in [6.07, 6.45) is -1.61. The number of guanidine groups is 1. The maximum atomic E-state index is 12.4. The van der Waals surface area contributed by atoms with Crippen LogP contribution in [0.4, 0.5) is 15.3 Å². The maximum Gasteiger partial charge on any atom is 0.414 e. The molecule has 2 rings (SSSR count). The minimum Gasteiger partial charge on any atom is -0.444 e. The van der Waals surface area contributed by atoms with Crippen molar-refractivity contribution in [3.8, 4) is 0 Å². The van der Waals surface area contributed by atoms with Crippen molar-refractivity contribution in [1.82, 2.24) is 15.4 Å². The molecule has 0 radical (unpaired) electrons. The van der Waals surface area contributed by atoms with E-state index in [1.807, 2.05) is 0 Å². The summed E-state index contributed by atoms with van der Waals surface area (Å²) in [5.74, 6) is -0.189. The summed E-state index contributed by atoms with van der Waals surface area (Å²) >= 11 is 0. The van der Waals surface area contributed by atoms with Gasteiger partial charge in [0.2, 0.25) is 16.0 Å². The average Bonchev–Trinajstić information content (AvgIpc) is 2.71. The number of nitrogens with zero attached hydrogens (tertiary/aromatic N) is 1. The van der Waals surface area contributed by atoms with Crippen LogP contribution >= 0.6 is 0 Å². The maximum absolute atomic E-state index is 12.4. The molecule has 2 aromatic rings. The minimum atomic E-state index is -3.65. The van der Waals surface area contributed by atoms with E-state index in [1.165, 1.54) is 12.1 Å². The molecule has 0 saturated heterocycles. The van der Waals surface area contributed by atoms with Gasteiger partial charge in [0.15, 0.2) is 0 Å². The van der Waals surface area contributed by atoms with Gasteiger partial charge in [-0.15, -0.1) is 0 Å². The average molecular weight is 505 g/mol. The van der Waals surface area contributed by atoms with Gasteiger partial charge in [0, 0.05) is 6.54 Å². The number of hydrogen-bond donors (Lipinski definition) is 3. The number of nitrogens with one attached hydrogen (secondary N) is 3. The van der Waals surface area contributed by atoms with Crippen molar-refractivity contribution in [2.24, 2.45) is 4.99 Å². The van der Waals surface area contributed by atoms with E-state index in [9.17, 15) is 18.0 Å². The van der Waals surface area contributed by atoms with E-state index in [0.717, 1.165) is 0 Å². The van der Waals surface area contributed by atoms with Gasteiger partial charge in [-0.05, 0) is 71.4 Å². The number of amides is 2. The molecule has 0 fully saturated rings. The quantitative estimate of drug-likeness (QED) is 0.412. The molecule has 0 atom stereocenters. The Kier molecular flexibility index (Phi) is 9.00. The summed E-state index contributed by atoms with van der Waals surface area (Å²) in [6.45, 7) is 10.3. The highest BCUT2D eigenvalue weighted by atomic mass is 32.2. The molecule has 0 spiro atoms. The van der Waals surface area contributed by atoms with Crippen LogP contribution in [0.25, 0.3) is 0 Å². The lowest BCUT2D eigenvalue weighted by Gasteiger charge is -2.22. The summed E-state index contributed by atoms with van der Waals surface area (Å²) in [5, 5.41) is 4.80. The fourth-order valence-electron chi connectivity index (χ4n) is 2.57. The minimum absolute atomic E-state index is 0.0698. The lowest BCUT2D eigenvalue weighted by Crippen LogP contribution is -2.47. The second kappa shape index (κ2) is 11.3. The largest absolute Gasteiger partial charge is 0.444 e. The van der Waals surface area contributed by atoms with Gasteiger partial charge >= 0.3 is 12.2 Å². The molecule has 0 saturated carbocycles. The highest BCUT2D eigenvalue weighted by Crippen LogP contribution is 2.15. The van der Waals surface area contributed by atoms with E-state index in [0.29, 0.717) is 11.3 Å². The summed E-state index contributed by atoms with van der Waals surface area (Å²) in [6, 6.07) is 14.6. The van der Waals surface area contributed by atoms with Gasteiger partial charge in [0.1, 0.15) is 11.2 Å². The Balaban J connectivity index is 2.14. The molecule has 190 valence electrons. The van der Waals surface area contributed by atoms with E-state index in [2.05, 4.69) is 20.3 Å². The zero-order valence-corrected chi connectivity index (χ0v) is 21.5. The molecule has 11 heteroatoms. The number of aliphatic imine (C=N–C) groups is 1. The van der Waals surface area contributed by atoms with Crippen molar-refractivity contribution in [3.63, 3.8) is 0 Å². The highest BCUT2D eigenvalue weighted by Gasteiger charge is 2.21. The zero-order valence-electron chi connectivity index (χ0n) is 20.7. The van der Waals surface area contributed by atoms with Gasteiger partial charge in [-0.1, -0.05) is 30.3 Å². The van der Waals surface area contributed by atoms with Gasteiger partial charge in [-0.25, -0.2) is 27.7 Å². The van der Waals surface area contributed by atoms with Crippen molar-refractivity contribution in [2.45, 2.75) is 64.2 Å². The Hall–Kier alpha value is -3.44. The smallest absolute Gasteiger partial charge is 0.414 e. The number of alkyl carbamates (subject to hydrolysis) is 2. The molecule has 0 heterocycles. The van der Waals surface area contributed by atoms with Crippen LogP contribution in [0, 0.1) is 0 Å². The van der Waals surface area contributed by atoms with Crippen LogP contribution < -0.4 is 15.4 Å². The van der Waals surface area contributed by atoms with Gasteiger partial charge in [0.05, 0.1) is 10.6 Å². The van der Waals surface area contributed by atoms with Gasteiger partial charge in [0.25, 0.3) is 0 Å². The van der Waals surface area contributed by atoms with Crippen molar-refractivity contribution in [1.29, 1.82) is 0 Å². The van der Waals surface area contributed by atoms with Crippen LogP contribution in [0.5, 0.6) is 0 Å². The molecule has 10 nitrogen and oxygen atoms in total. The molecule has 0 aliphatic heterocycles. The Morgan fingerprint density at radius 3 is 1.74 bits per heavy atom. The lowest BCUT2D eigenvalue weighted by molar-refractivity contribution is 0.0545. The number of ether oxygens (including phenoxy) is 2. The first kappa shape index (κ1) is 27.8. The van der Waals surface area contributed by atoms with Crippen molar-refractivity contribution in [3.05, 3.63) is 60.2 Å². The van der Waals surface area contributed by atoms with Crippen molar-refractivity contribution in [2.75, 3.05) is 0 Å². The molecule has 0 aliphatic rings. The fourth-order valence-corrected chi connectivity index (χ4v) is 3.61. The number of sulfonamides is 1. The number of benzene rings is 2. The van der Waals surface area contributed by atoms with E-state index < -0.39 is 33.4 Å². The molecule has 2 aromatic carbocycles. The monoisotopic (exact) mass is 504 g/mol. The standard InChI is InChI=1S/C24H32N4O6S/c1-23(2,3)33-21(29)27-20(28-22(30)34-24(4,5)6)26-18-14-12-17(13-15-18)16-25-35(31,32)19-10-8-7-9-11-19/h7-15,25H,16H2,1-6H3,(H2,26,27,28,29,30). The van der Waals surface area contributed by atoms with Gasteiger partial charge in [-0.2, -0.15) is 0 Å². The van der Waals surface area contributed by atoms with E-state index in [1.54, 1.807) is 84.0 Å². The molecular formula is C24H32N4O6S. The zero-order chi connectivity index (χ0) is 26.3. The second-order valence-electron chi connectivity index (χ2n) is 9.52. The van der Waals surface area contributed by atoms with E-state index in [-0.39, 0.29) is 17.4 Å². The normalized spacial score (nSPS) is 11.8. The molecule has 0 aromatic heterocycles. The number of carbonyl (C=O) groups excluding carboxylic acids is 2. The van der Waals surface area contributed by atoms with Crippen LogP contribution in [0.1, 0.15) is 47.1 Å². The molecule has 3 N–H and O–H groups in total. The fraction of sp³-hybridized carbons (Fsp3) is 0.375.